The summed E-state index contributed by atoms with van der Waals surface area (Å²) in [4.78, 5) is 4.49. The van der Waals surface area contributed by atoms with E-state index in [0.29, 0.717) is 18.0 Å². The van der Waals surface area contributed by atoms with Crippen molar-refractivity contribution in [3.05, 3.63) is 12.4 Å². The molecular weight excluding hydrogens is 238 g/mol. The van der Waals surface area contributed by atoms with Crippen LogP contribution in [0, 0.1) is 5.92 Å². The zero-order valence-electron chi connectivity index (χ0n) is 12.4. The van der Waals surface area contributed by atoms with Gasteiger partial charge in [0, 0.05) is 25.5 Å². The third-order valence-electron chi connectivity index (χ3n) is 4.07. The molecule has 0 amide bonds. The van der Waals surface area contributed by atoms with Crippen LogP contribution in [0.3, 0.4) is 0 Å². The fraction of sp³-hybridized carbons (Fsp3) is 0.800. The highest BCUT2D eigenvalue weighted by Crippen LogP contribution is 2.25. The molecule has 1 N–H and O–H groups in total. The molecule has 1 aromatic heterocycles. The number of nitrogens with zero attached hydrogens (tertiary/aromatic N) is 2. The molecule has 0 radical (unpaired) electrons. The maximum atomic E-state index is 5.36. The molecule has 1 aliphatic carbocycles. The van der Waals surface area contributed by atoms with Crippen LogP contribution in [0.1, 0.15) is 52.0 Å². The Kier molecular flexibility index (Phi) is 5.25. The molecule has 4 nitrogen and oxygen atoms in total. The molecule has 0 spiro atoms. The van der Waals surface area contributed by atoms with Crippen LogP contribution in [0.25, 0.3) is 0 Å². The summed E-state index contributed by atoms with van der Waals surface area (Å²) in [6.45, 7) is 5.19. The first kappa shape index (κ1) is 14.4. The zero-order chi connectivity index (χ0) is 13.7. The predicted octanol–water partition coefficient (Wildman–Crippen LogP) is 3.47. The molecule has 0 bridgehead atoms. The topological polar surface area (TPSA) is 39.1 Å². The Balaban J connectivity index is 2.06. The monoisotopic (exact) mass is 265 g/mol. The fourth-order valence-electron chi connectivity index (χ4n) is 2.89. The summed E-state index contributed by atoms with van der Waals surface area (Å²) in [5, 5.41) is 3.62. The van der Waals surface area contributed by atoms with Gasteiger partial charge in [0.05, 0.1) is 12.6 Å². The molecule has 1 atom stereocenters. The lowest BCUT2D eigenvalue weighted by Crippen LogP contribution is -2.27. The molecule has 19 heavy (non-hydrogen) atoms. The number of nitrogens with one attached hydrogen (secondary N) is 1. The smallest absolute Gasteiger partial charge is 0.203 e. The summed E-state index contributed by atoms with van der Waals surface area (Å²) >= 11 is 0. The quantitative estimate of drug-likeness (QED) is 0.856. The number of hydrogen-bond acceptors (Lipinski definition) is 3. The van der Waals surface area contributed by atoms with Crippen LogP contribution in [0.5, 0.6) is 0 Å². The molecule has 0 aromatic carbocycles. The van der Waals surface area contributed by atoms with Gasteiger partial charge in [-0.2, -0.15) is 0 Å². The summed E-state index contributed by atoms with van der Waals surface area (Å²) in [6.07, 6.45) is 10.5. The van der Waals surface area contributed by atoms with Gasteiger partial charge < -0.3 is 14.6 Å². The summed E-state index contributed by atoms with van der Waals surface area (Å²) in [7, 11) is 1.76. The first-order valence-electron chi connectivity index (χ1n) is 7.50. The number of aromatic nitrogens is 2. The molecule has 0 saturated heterocycles. The van der Waals surface area contributed by atoms with Gasteiger partial charge in [0.25, 0.3) is 0 Å². The van der Waals surface area contributed by atoms with Crippen LogP contribution in [0.15, 0.2) is 12.4 Å². The molecule has 4 heteroatoms. The molecular formula is C15H27N3O. The Morgan fingerprint density at radius 1 is 1.37 bits per heavy atom. The summed E-state index contributed by atoms with van der Waals surface area (Å²) < 4.78 is 7.60. The first-order chi connectivity index (χ1) is 9.22. The predicted molar refractivity (Wildman–Crippen MR) is 78.5 cm³/mol. The van der Waals surface area contributed by atoms with Gasteiger partial charge in [-0.25, -0.2) is 4.98 Å². The molecule has 1 unspecified atom stereocenters. The van der Waals surface area contributed by atoms with E-state index < -0.39 is 0 Å². The maximum Gasteiger partial charge on any atom is 0.203 e. The number of imidazole rings is 1. The van der Waals surface area contributed by atoms with Crippen molar-refractivity contribution in [1.82, 2.24) is 9.55 Å². The van der Waals surface area contributed by atoms with Gasteiger partial charge in [-0.3, -0.25) is 0 Å². The van der Waals surface area contributed by atoms with E-state index in [0.717, 1.165) is 12.6 Å². The van der Waals surface area contributed by atoms with Crippen LogP contribution in [0.2, 0.25) is 0 Å². The van der Waals surface area contributed by atoms with Crippen LogP contribution in [-0.2, 0) is 4.74 Å². The van der Waals surface area contributed by atoms with Crippen molar-refractivity contribution in [3.8, 4) is 0 Å². The Hall–Kier alpha value is -1.03. The van der Waals surface area contributed by atoms with E-state index in [4.69, 9.17) is 4.74 Å². The standard InChI is InChI=1S/C15H27N3O/c1-12(2)14(11-19-3)18-10-9-16-15(18)17-13-7-5-4-6-8-13/h9-10,12-14H,4-8,11H2,1-3H3,(H,16,17). The average molecular weight is 265 g/mol. The summed E-state index contributed by atoms with van der Waals surface area (Å²) in [6, 6.07) is 0.934. The second-order valence-corrected chi connectivity index (χ2v) is 5.90. The van der Waals surface area contributed by atoms with Gasteiger partial charge in [0.15, 0.2) is 0 Å². The van der Waals surface area contributed by atoms with Crippen LogP contribution >= 0.6 is 0 Å². The maximum absolute atomic E-state index is 5.36. The molecule has 1 aliphatic rings. The Bertz CT molecular complexity index is 369. The number of methoxy groups -OCH3 is 1. The van der Waals surface area contributed by atoms with Crippen molar-refractivity contribution in [1.29, 1.82) is 0 Å². The van der Waals surface area contributed by atoms with E-state index in [2.05, 4.69) is 34.9 Å². The van der Waals surface area contributed by atoms with E-state index in [1.807, 2.05) is 6.20 Å². The van der Waals surface area contributed by atoms with Gasteiger partial charge >= 0.3 is 0 Å². The Labute approximate surface area is 116 Å². The minimum atomic E-state index is 0.346. The zero-order valence-corrected chi connectivity index (χ0v) is 12.4. The van der Waals surface area contributed by atoms with Crippen molar-refractivity contribution in [3.63, 3.8) is 0 Å². The lowest BCUT2D eigenvalue weighted by Gasteiger charge is -2.27. The molecule has 2 rings (SSSR count). The molecule has 0 aliphatic heterocycles. The third kappa shape index (κ3) is 3.72. The molecule has 1 saturated carbocycles. The summed E-state index contributed by atoms with van der Waals surface area (Å²) in [5.74, 6) is 1.53. The summed E-state index contributed by atoms with van der Waals surface area (Å²) in [5.41, 5.74) is 0. The van der Waals surface area contributed by atoms with Gasteiger partial charge in [0.1, 0.15) is 0 Å². The van der Waals surface area contributed by atoms with Crippen LogP contribution < -0.4 is 5.32 Å². The highest BCUT2D eigenvalue weighted by molar-refractivity contribution is 5.28. The van der Waals surface area contributed by atoms with Gasteiger partial charge in [-0.15, -0.1) is 0 Å². The second-order valence-electron chi connectivity index (χ2n) is 5.90. The van der Waals surface area contributed by atoms with Crippen LogP contribution in [0.4, 0.5) is 5.95 Å². The minimum Gasteiger partial charge on any atom is -0.383 e. The van der Waals surface area contributed by atoms with Gasteiger partial charge in [-0.1, -0.05) is 33.1 Å². The Morgan fingerprint density at radius 3 is 2.74 bits per heavy atom. The largest absolute Gasteiger partial charge is 0.383 e. The van der Waals surface area contributed by atoms with E-state index >= 15 is 0 Å². The minimum absolute atomic E-state index is 0.346. The van der Waals surface area contributed by atoms with Crippen LogP contribution in [-0.4, -0.2) is 29.3 Å². The lowest BCUT2D eigenvalue weighted by atomic mass is 9.96. The van der Waals surface area contributed by atoms with Crippen molar-refractivity contribution in [2.24, 2.45) is 5.92 Å². The average Bonchev–Trinajstić information content (AvgIpc) is 2.84. The lowest BCUT2D eigenvalue weighted by molar-refractivity contribution is 0.134. The SMILES string of the molecule is COCC(C(C)C)n1ccnc1NC1CCCCC1. The number of hydrogen-bond donors (Lipinski definition) is 1. The normalized spacial score (nSPS) is 18.7. The van der Waals surface area contributed by atoms with E-state index in [1.54, 1.807) is 7.11 Å². The van der Waals surface area contributed by atoms with Gasteiger partial charge in [-0.05, 0) is 18.8 Å². The molecule has 1 aromatic rings. The molecule has 1 heterocycles. The number of ether oxygens (including phenoxy) is 1. The molecule has 1 fully saturated rings. The Morgan fingerprint density at radius 2 is 2.11 bits per heavy atom. The van der Waals surface area contributed by atoms with E-state index in [-0.39, 0.29) is 0 Å². The fourth-order valence-corrected chi connectivity index (χ4v) is 2.89. The van der Waals surface area contributed by atoms with E-state index in [9.17, 15) is 0 Å². The van der Waals surface area contributed by atoms with Crippen molar-refractivity contribution >= 4 is 5.95 Å². The van der Waals surface area contributed by atoms with E-state index in [1.165, 1.54) is 32.1 Å². The number of rotatable bonds is 6. The first-order valence-corrected chi connectivity index (χ1v) is 7.50. The third-order valence-corrected chi connectivity index (χ3v) is 4.07. The highest BCUT2D eigenvalue weighted by atomic mass is 16.5. The second kappa shape index (κ2) is 6.94. The molecule has 108 valence electrons. The van der Waals surface area contributed by atoms with Gasteiger partial charge in [0.2, 0.25) is 5.95 Å². The highest BCUT2D eigenvalue weighted by Gasteiger charge is 2.20. The van der Waals surface area contributed by atoms with Crippen molar-refractivity contribution in [2.75, 3.05) is 19.0 Å². The van der Waals surface area contributed by atoms with Crippen molar-refractivity contribution < 1.29 is 4.74 Å². The van der Waals surface area contributed by atoms with Crippen molar-refractivity contribution in [2.45, 2.75) is 58.0 Å². The number of anilines is 1.